The summed E-state index contributed by atoms with van der Waals surface area (Å²) in [5.41, 5.74) is 1.25. The average Bonchev–Trinajstić information content (AvgIpc) is 3.27. The average molecular weight is 274 g/mol. The number of carbonyl (C=O) groups is 1. The van der Waals surface area contributed by atoms with Crippen LogP contribution in [0.3, 0.4) is 0 Å². The maximum atomic E-state index is 12.1. The first-order valence-corrected chi connectivity index (χ1v) is 7.45. The second-order valence-electron chi connectivity index (χ2n) is 5.93. The van der Waals surface area contributed by atoms with Crippen LogP contribution >= 0.6 is 0 Å². The van der Waals surface area contributed by atoms with Crippen LogP contribution in [0.25, 0.3) is 0 Å². The number of hydrogen-bond acceptors (Lipinski definition) is 3. The van der Waals surface area contributed by atoms with Gasteiger partial charge >= 0.3 is 0 Å². The van der Waals surface area contributed by atoms with Crippen LogP contribution in [-0.2, 0) is 11.3 Å². The Morgan fingerprint density at radius 3 is 2.60 bits per heavy atom. The van der Waals surface area contributed by atoms with Crippen molar-refractivity contribution in [2.75, 3.05) is 26.2 Å². The molecule has 1 amide bonds. The summed E-state index contributed by atoms with van der Waals surface area (Å²) in [5.74, 6) is 0.480. The molecule has 1 atom stereocenters. The molecule has 1 N–H and O–H groups in total. The van der Waals surface area contributed by atoms with E-state index in [0.29, 0.717) is 13.1 Å². The lowest BCUT2D eigenvalue weighted by Crippen LogP contribution is -2.38. The summed E-state index contributed by atoms with van der Waals surface area (Å²) in [6.07, 6.45) is 1.61. The molecule has 2 fully saturated rings. The minimum Gasteiger partial charge on any atom is -0.390 e. The molecule has 0 aromatic heterocycles. The number of nitrogens with zero attached hydrogens (tertiary/aromatic N) is 2. The molecule has 4 nitrogen and oxygen atoms in total. The minimum absolute atomic E-state index is 0.239. The summed E-state index contributed by atoms with van der Waals surface area (Å²) in [6.45, 7) is 3.54. The first kappa shape index (κ1) is 13.6. The van der Waals surface area contributed by atoms with Crippen molar-refractivity contribution in [1.29, 1.82) is 0 Å². The lowest BCUT2D eigenvalue weighted by molar-refractivity contribution is -0.133. The third kappa shape index (κ3) is 3.38. The lowest BCUT2D eigenvalue weighted by Gasteiger charge is -2.21. The van der Waals surface area contributed by atoms with E-state index in [0.717, 1.165) is 32.5 Å². The standard InChI is InChI=1S/C16H22N2O2/c19-15-11-17(10-13-4-2-1-3-5-13)8-9-18(12-15)16(20)14-6-7-14/h1-5,14-15,19H,6-12H2/t15-/m1/s1. The molecular weight excluding hydrogens is 252 g/mol. The van der Waals surface area contributed by atoms with Crippen LogP contribution in [0.15, 0.2) is 30.3 Å². The Morgan fingerprint density at radius 1 is 1.15 bits per heavy atom. The Kier molecular flexibility index (Phi) is 4.03. The van der Waals surface area contributed by atoms with E-state index in [1.165, 1.54) is 5.56 Å². The number of aliphatic hydroxyl groups is 1. The molecule has 0 spiro atoms. The van der Waals surface area contributed by atoms with Crippen molar-refractivity contribution in [2.45, 2.75) is 25.5 Å². The van der Waals surface area contributed by atoms with E-state index in [1.54, 1.807) is 0 Å². The van der Waals surface area contributed by atoms with Crippen LogP contribution < -0.4 is 0 Å². The second-order valence-corrected chi connectivity index (χ2v) is 5.93. The molecule has 1 heterocycles. The maximum Gasteiger partial charge on any atom is 0.225 e. The summed E-state index contributed by atoms with van der Waals surface area (Å²) in [4.78, 5) is 16.2. The fourth-order valence-corrected chi connectivity index (χ4v) is 2.83. The molecule has 1 saturated heterocycles. The monoisotopic (exact) mass is 274 g/mol. The Balaban J connectivity index is 1.59. The molecule has 3 rings (SSSR count). The topological polar surface area (TPSA) is 43.8 Å². The van der Waals surface area contributed by atoms with Gasteiger partial charge in [0.25, 0.3) is 0 Å². The zero-order valence-electron chi connectivity index (χ0n) is 11.7. The highest BCUT2D eigenvalue weighted by Crippen LogP contribution is 2.31. The third-order valence-electron chi connectivity index (χ3n) is 4.07. The van der Waals surface area contributed by atoms with Gasteiger partial charge in [0.15, 0.2) is 0 Å². The van der Waals surface area contributed by atoms with E-state index >= 15 is 0 Å². The number of hydrogen-bond donors (Lipinski definition) is 1. The number of benzene rings is 1. The highest BCUT2D eigenvalue weighted by Gasteiger charge is 2.35. The summed E-state index contributed by atoms with van der Waals surface area (Å²) < 4.78 is 0. The van der Waals surface area contributed by atoms with Crippen molar-refractivity contribution in [3.05, 3.63) is 35.9 Å². The van der Waals surface area contributed by atoms with E-state index in [9.17, 15) is 9.90 Å². The molecule has 4 heteroatoms. The van der Waals surface area contributed by atoms with Gasteiger partial charge in [-0.3, -0.25) is 9.69 Å². The van der Waals surface area contributed by atoms with E-state index < -0.39 is 6.10 Å². The number of amides is 1. The molecule has 0 unspecified atom stereocenters. The smallest absolute Gasteiger partial charge is 0.225 e. The summed E-state index contributed by atoms with van der Waals surface area (Å²) in [7, 11) is 0. The van der Waals surface area contributed by atoms with Gasteiger partial charge in [0, 0.05) is 38.6 Å². The first-order chi connectivity index (χ1) is 9.72. The molecular formula is C16H22N2O2. The predicted molar refractivity (Wildman–Crippen MR) is 77.0 cm³/mol. The van der Waals surface area contributed by atoms with Gasteiger partial charge in [0.2, 0.25) is 5.91 Å². The molecule has 1 aliphatic carbocycles. The summed E-state index contributed by atoms with van der Waals surface area (Å²) in [5, 5.41) is 10.1. The van der Waals surface area contributed by atoms with Gasteiger partial charge in [-0.2, -0.15) is 0 Å². The zero-order chi connectivity index (χ0) is 13.9. The minimum atomic E-state index is -0.441. The Bertz CT molecular complexity index is 459. The van der Waals surface area contributed by atoms with Crippen molar-refractivity contribution in [3.63, 3.8) is 0 Å². The highest BCUT2D eigenvalue weighted by atomic mass is 16.3. The Labute approximate surface area is 120 Å². The highest BCUT2D eigenvalue weighted by molar-refractivity contribution is 5.81. The van der Waals surface area contributed by atoms with Crippen molar-refractivity contribution in [3.8, 4) is 0 Å². The third-order valence-corrected chi connectivity index (χ3v) is 4.07. The van der Waals surface area contributed by atoms with Crippen LogP contribution in [-0.4, -0.2) is 53.1 Å². The SMILES string of the molecule is O=C(C1CC1)N1CCN(Cc2ccccc2)C[C@@H](O)C1. The fourth-order valence-electron chi connectivity index (χ4n) is 2.83. The molecule has 1 aliphatic heterocycles. The quantitative estimate of drug-likeness (QED) is 0.897. The van der Waals surface area contributed by atoms with E-state index in [1.807, 2.05) is 23.1 Å². The first-order valence-electron chi connectivity index (χ1n) is 7.45. The van der Waals surface area contributed by atoms with Gasteiger partial charge in [0.1, 0.15) is 0 Å². The van der Waals surface area contributed by atoms with Crippen LogP contribution in [0.2, 0.25) is 0 Å². The van der Waals surface area contributed by atoms with E-state index in [-0.39, 0.29) is 11.8 Å². The molecule has 0 bridgehead atoms. The summed E-state index contributed by atoms with van der Waals surface area (Å²) >= 11 is 0. The lowest BCUT2D eigenvalue weighted by atomic mass is 10.2. The number of rotatable bonds is 3. The molecule has 1 aromatic rings. The fraction of sp³-hybridized carbons (Fsp3) is 0.562. The molecule has 0 radical (unpaired) electrons. The van der Waals surface area contributed by atoms with Gasteiger partial charge in [-0.1, -0.05) is 30.3 Å². The number of carbonyl (C=O) groups excluding carboxylic acids is 1. The van der Waals surface area contributed by atoms with Crippen LogP contribution in [0.1, 0.15) is 18.4 Å². The van der Waals surface area contributed by atoms with Crippen LogP contribution in [0, 0.1) is 5.92 Å². The van der Waals surface area contributed by atoms with Crippen molar-refractivity contribution < 1.29 is 9.90 Å². The molecule has 20 heavy (non-hydrogen) atoms. The van der Waals surface area contributed by atoms with Gasteiger partial charge in [-0.25, -0.2) is 0 Å². The molecule has 1 aromatic carbocycles. The van der Waals surface area contributed by atoms with E-state index in [2.05, 4.69) is 17.0 Å². The Morgan fingerprint density at radius 2 is 1.90 bits per heavy atom. The predicted octanol–water partition coefficient (Wildman–Crippen LogP) is 1.10. The Hall–Kier alpha value is -1.39. The van der Waals surface area contributed by atoms with E-state index in [4.69, 9.17) is 0 Å². The van der Waals surface area contributed by atoms with Gasteiger partial charge in [-0.05, 0) is 18.4 Å². The summed E-state index contributed by atoms with van der Waals surface area (Å²) in [6, 6.07) is 10.3. The van der Waals surface area contributed by atoms with Crippen LogP contribution in [0.4, 0.5) is 0 Å². The number of aliphatic hydroxyl groups excluding tert-OH is 1. The van der Waals surface area contributed by atoms with Crippen molar-refractivity contribution in [2.24, 2.45) is 5.92 Å². The maximum absolute atomic E-state index is 12.1. The van der Waals surface area contributed by atoms with Crippen LogP contribution in [0.5, 0.6) is 0 Å². The van der Waals surface area contributed by atoms with Crippen molar-refractivity contribution in [1.82, 2.24) is 9.80 Å². The zero-order valence-corrected chi connectivity index (χ0v) is 11.7. The number of β-amino-alcohol motifs (C(OH)–C–C–N with tert-alkyl or cyclic N) is 1. The second kappa shape index (κ2) is 5.94. The molecule has 2 aliphatic rings. The van der Waals surface area contributed by atoms with Crippen molar-refractivity contribution >= 4 is 5.91 Å². The van der Waals surface area contributed by atoms with Gasteiger partial charge < -0.3 is 10.0 Å². The van der Waals surface area contributed by atoms with Gasteiger partial charge in [0.05, 0.1) is 6.10 Å². The largest absolute Gasteiger partial charge is 0.390 e. The van der Waals surface area contributed by atoms with Gasteiger partial charge in [-0.15, -0.1) is 0 Å². The normalized spacial score (nSPS) is 24.4. The molecule has 1 saturated carbocycles. The molecule has 108 valence electrons.